The van der Waals surface area contributed by atoms with Crippen LogP contribution < -0.4 is 15.8 Å². The van der Waals surface area contributed by atoms with E-state index in [1.54, 1.807) is 34.9 Å². The second-order valence-corrected chi connectivity index (χ2v) is 10.2. The zero-order valence-corrected chi connectivity index (χ0v) is 20.4. The lowest BCUT2D eigenvalue weighted by Gasteiger charge is -2.52. The standard InChI is InChI=1S/C27H32N4O4/c1-16-13-20(18(3)28-21-8-5-4-7-19(21)26(34)35)24-29-23(17(2)25(33)31(24)14-16)30-12-6-10-27(15-30)11-9-22(27)32/h4-5,7-8,13-14,18,22,28,32H,6,9-12,15H2,1-3H3,(H,34,35). The molecule has 1 aliphatic heterocycles. The number of aromatic carboxylic acids is 1. The van der Waals surface area contributed by atoms with E-state index < -0.39 is 5.97 Å². The maximum Gasteiger partial charge on any atom is 0.337 e. The summed E-state index contributed by atoms with van der Waals surface area (Å²) in [5.41, 5.74) is 3.39. The second-order valence-electron chi connectivity index (χ2n) is 10.2. The van der Waals surface area contributed by atoms with E-state index in [0.717, 1.165) is 43.4 Å². The molecule has 5 rings (SSSR count). The maximum absolute atomic E-state index is 13.5. The number of rotatable bonds is 5. The highest BCUT2D eigenvalue weighted by Gasteiger charge is 2.48. The van der Waals surface area contributed by atoms with Gasteiger partial charge in [-0.05, 0) is 70.2 Å². The van der Waals surface area contributed by atoms with E-state index in [4.69, 9.17) is 4.98 Å². The Labute approximate surface area is 204 Å². The van der Waals surface area contributed by atoms with Crippen molar-refractivity contribution in [3.8, 4) is 0 Å². The number of fused-ring (bicyclic) bond motifs is 1. The first-order valence-electron chi connectivity index (χ1n) is 12.3. The van der Waals surface area contributed by atoms with E-state index in [1.165, 1.54) is 0 Å². The van der Waals surface area contributed by atoms with Crippen LogP contribution in [0.25, 0.3) is 5.65 Å². The number of carboxylic acids is 1. The molecule has 2 fully saturated rings. The molecule has 0 bridgehead atoms. The lowest BCUT2D eigenvalue weighted by atomic mass is 9.62. The van der Waals surface area contributed by atoms with Gasteiger partial charge in [0.1, 0.15) is 11.5 Å². The minimum atomic E-state index is -1.00. The Morgan fingerprint density at radius 2 is 2.03 bits per heavy atom. The minimum Gasteiger partial charge on any atom is -0.478 e. The molecule has 3 aromatic rings. The van der Waals surface area contributed by atoms with Crippen LogP contribution in [0, 0.1) is 19.3 Å². The van der Waals surface area contributed by atoms with Crippen LogP contribution in [0.2, 0.25) is 0 Å². The molecule has 0 radical (unpaired) electrons. The van der Waals surface area contributed by atoms with Gasteiger partial charge >= 0.3 is 5.97 Å². The topological polar surface area (TPSA) is 107 Å². The fourth-order valence-electron chi connectivity index (χ4n) is 5.72. The molecule has 1 saturated heterocycles. The number of hydrogen-bond donors (Lipinski definition) is 3. The van der Waals surface area contributed by atoms with Gasteiger partial charge < -0.3 is 20.4 Å². The molecule has 8 heteroatoms. The number of para-hydroxylation sites is 1. The van der Waals surface area contributed by atoms with Gasteiger partial charge in [0.2, 0.25) is 0 Å². The zero-order chi connectivity index (χ0) is 24.9. The molecule has 1 saturated carbocycles. The third kappa shape index (κ3) is 3.95. The highest BCUT2D eigenvalue weighted by molar-refractivity contribution is 5.94. The molecule has 1 aliphatic carbocycles. The molecule has 3 N–H and O–H groups in total. The van der Waals surface area contributed by atoms with Crippen molar-refractivity contribution in [2.75, 3.05) is 23.3 Å². The average Bonchev–Trinajstić information content (AvgIpc) is 2.85. The van der Waals surface area contributed by atoms with Crippen LogP contribution >= 0.6 is 0 Å². The summed E-state index contributed by atoms with van der Waals surface area (Å²) < 4.78 is 1.60. The van der Waals surface area contributed by atoms with Gasteiger partial charge in [-0.15, -0.1) is 0 Å². The molecule has 3 atom stereocenters. The number of nitrogens with zero attached hydrogens (tertiary/aromatic N) is 3. The monoisotopic (exact) mass is 476 g/mol. The third-order valence-corrected chi connectivity index (χ3v) is 7.82. The first-order chi connectivity index (χ1) is 16.7. The van der Waals surface area contributed by atoms with Crippen molar-refractivity contribution in [1.82, 2.24) is 9.38 Å². The van der Waals surface area contributed by atoms with E-state index in [9.17, 15) is 19.8 Å². The van der Waals surface area contributed by atoms with Crippen LogP contribution in [0.3, 0.4) is 0 Å². The molecule has 1 aromatic carbocycles. The summed E-state index contributed by atoms with van der Waals surface area (Å²) in [4.78, 5) is 32.4. The molecule has 1 spiro atoms. The summed E-state index contributed by atoms with van der Waals surface area (Å²) in [5.74, 6) is -0.324. The Balaban J connectivity index is 1.58. The number of aryl methyl sites for hydroxylation is 1. The van der Waals surface area contributed by atoms with Crippen molar-refractivity contribution in [1.29, 1.82) is 0 Å². The number of benzene rings is 1. The number of hydrogen-bond acceptors (Lipinski definition) is 6. The van der Waals surface area contributed by atoms with Crippen LogP contribution in [0.5, 0.6) is 0 Å². The molecular formula is C27H32N4O4. The van der Waals surface area contributed by atoms with E-state index in [-0.39, 0.29) is 28.7 Å². The van der Waals surface area contributed by atoms with Gasteiger partial charge in [-0.1, -0.05) is 12.1 Å². The molecule has 8 nitrogen and oxygen atoms in total. The highest BCUT2D eigenvalue weighted by atomic mass is 16.4. The smallest absolute Gasteiger partial charge is 0.337 e. The number of carboxylic acid groups (broad SMARTS) is 1. The molecule has 2 aromatic heterocycles. The van der Waals surface area contributed by atoms with Crippen LogP contribution in [-0.2, 0) is 0 Å². The number of pyridine rings is 1. The Bertz CT molecular complexity index is 1370. The van der Waals surface area contributed by atoms with Gasteiger partial charge in [0.25, 0.3) is 5.56 Å². The second kappa shape index (κ2) is 8.68. The number of aliphatic hydroxyl groups is 1. The van der Waals surface area contributed by atoms with Crippen molar-refractivity contribution in [3.63, 3.8) is 0 Å². The molecule has 35 heavy (non-hydrogen) atoms. The molecule has 184 valence electrons. The van der Waals surface area contributed by atoms with Crippen molar-refractivity contribution >= 4 is 23.1 Å². The van der Waals surface area contributed by atoms with Crippen molar-refractivity contribution in [2.45, 2.75) is 58.6 Å². The SMILES string of the molecule is Cc1cc(C(C)Nc2ccccc2C(=O)O)c2nc(N3CCCC4(CCC4O)C3)c(C)c(=O)n2c1. The fraction of sp³-hybridized carbons (Fsp3) is 0.444. The summed E-state index contributed by atoms with van der Waals surface area (Å²) in [5, 5.41) is 23.4. The van der Waals surface area contributed by atoms with Crippen molar-refractivity contribution < 1.29 is 15.0 Å². The van der Waals surface area contributed by atoms with Gasteiger partial charge in [0, 0.05) is 36.0 Å². The average molecular weight is 477 g/mol. The molecule has 3 unspecified atom stereocenters. The first-order valence-corrected chi connectivity index (χ1v) is 12.3. The Hall–Kier alpha value is -3.39. The lowest BCUT2D eigenvalue weighted by molar-refractivity contribution is -0.0719. The summed E-state index contributed by atoms with van der Waals surface area (Å²) in [6.45, 7) is 7.21. The van der Waals surface area contributed by atoms with E-state index in [1.807, 2.05) is 26.8 Å². The van der Waals surface area contributed by atoms with Gasteiger partial charge in [-0.25, -0.2) is 9.78 Å². The van der Waals surface area contributed by atoms with Gasteiger partial charge in [-0.3, -0.25) is 9.20 Å². The summed E-state index contributed by atoms with van der Waals surface area (Å²) >= 11 is 0. The zero-order valence-electron chi connectivity index (χ0n) is 20.4. The van der Waals surface area contributed by atoms with Crippen molar-refractivity contribution in [3.05, 3.63) is 69.1 Å². The largest absolute Gasteiger partial charge is 0.478 e. The number of nitrogens with one attached hydrogen (secondary N) is 1. The van der Waals surface area contributed by atoms with Gasteiger partial charge in [0.15, 0.2) is 0 Å². The summed E-state index contributed by atoms with van der Waals surface area (Å²) in [6.07, 6.45) is 5.32. The summed E-state index contributed by atoms with van der Waals surface area (Å²) in [6, 6.07) is 8.49. The minimum absolute atomic E-state index is 0.0942. The molecule has 3 heterocycles. The number of piperidine rings is 1. The normalized spacial score (nSPS) is 22.7. The fourth-order valence-corrected chi connectivity index (χ4v) is 5.72. The quantitative estimate of drug-likeness (QED) is 0.512. The molecule has 2 aliphatic rings. The van der Waals surface area contributed by atoms with E-state index >= 15 is 0 Å². The highest BCUT2D eigenvalue weighted by Crippen LogP contribution is 2.48. The Kier molecular flexibility index (Phi) is 5.79. The first kappa shape index (κ1) is 23.4. The molecular weight excluding hydrogens is 444 g/mol. The number of aliphatic hydroxyl groups excluding tert-OH is 1. The Morgan fingerprint density at radius 1 is 1.26 bits per heavy atom. The third-order valence-electron chi connectivity index (χ3n) is 7.82. The molecule has 0 amide bonds. The van der Waals surface area contributed by atoms with Crippen LogP contribution in [0.4, 0.5) is 11.5 Å². The number of aromatic nitrogens is 2. The summed E-state index contributed by atoms with van der Waals surface area (Å²) in [7, 11) is 0. The van der Waals surface area contributed by atoms with Crippen molar-refractivity contribution in [2.24, 2.45) is 5.41 Å². The lowest BCUT2D eigenvalue weighted by Crippen LogP contribution is -2.56. The number of anilines is 2. The van der Waals surface area contributed by atoms with Crippen LogP contribution in [0.15, 0.2) is 41.3 Å². The number of carbonyl (C=O) groups is 1. The van der Waals surface area contributed by atoms with E-state index in [0.29, 0.717) is 29.3 Å². The van der Waals surface area contributed by atoms with Crippen LogP contribution in [-0.4, -0.2) is 44.8 Å². The predicted octanol–water partition coefficient (Wildman–Crippen LogP) is 3.92. The van der Waals surface area contributed by atoms with Gasteiger partial charge in [0.05, 0.1) is 23.3 Å². The van der Waals surface area contributed by atoms with Crippen LogP contribution in [0.1, 0.15) is 65.7 Å². The van der Waals surface area contributed by atoms with E-state index in [2.05, 4.69) is 10.2 Å². The Morgan fingerprint density at radius 3 is 2.71 bits per heavy atom. The predicted molar refractivity (Wildman–Crippen MR) is 135 cm³/mol. The van der Waals surface area contributed by atoms with Gasteiger partial charge in [-0.2, -0.15) is 0 Å². The maximum atomic E-state index is 13.5.